The highest BCUT2D eigenvalue weighted by Crippen LogP contribution is 2.01. The van der Waals surface area contributed by atoms with Gasteiger partial charge in [0.2, 0.25) is 0 Å². The molecule has 0 saturated carbocycles. The van der Waals surface area contributed by atoms with Gasteiger partial charge in [0.15, 0.2) is 0 Å². The lowest BCUT2D eigenvalue weighted by Gasteiger charge is -1.94. The number of nitrogens with zero attached hydrogens (tertiary/aromatic N) is 1. The minimum Gasteiger partial charge on any atom is -0.238 e. The maximum atomic E-state index is 4.27. The quantitative estimate of drug-likeness (QED) is 0.487. The zero-order valence-corrected chi connectivity index (χ0v) is 7.33. The van der Waals surface area contributed by atoms with Crippen molar-refractivity contribution < 1.29 is 4.57 Å². The van der Waals surface area contributed by atoms with Crippen molar-refractivity contribution in [2.75, 3.05) is 0 Å². The molecule has 1 N–H and O–H groups in total. The number of aromatic amines is 1. The van der Waals surface area contributed by atoms with Gasteiger partial charge in [-0.2, -0.15) is 4.57 Å². The molecule has 0 atom stereocenters. The minimum absolute atomic E-state index is 0.834. The summed E-state index contributed by atoms with van der Waals surface area (Å²) in [5.41, 5.74) is 1.11. The first-order chi connectivity index (χ1) is 5.88. The number of H-pyrrole nitrogens is 1. The molecule has 60 valence electrons. The Kier molecular flexibility index (Phi) is 1.87. The fraction of sp³-hybridized carbons (Fsp3) is 0. The number of imidazole rings is 1. The van der Waals surface area contributed by atoms with Gasteiger partial charge in [-0.05, 0) is 12.1 Å². The molecule has 0 spiro atoms. The van der Waals surface area contributed by atoms with Gasteiger partial charge >= 0.3 is 5.16 Å². The van der Waals surface area contributed by atoms with E-state index < -0.39 is 0 Å². The Hall–Kier alpha value is -1.22. The number of hydrogen-bond donors (Lipinski definition) is 2. The molecule has 2 nitrogen and oxygen atoms in total. The Bertz CT molecular complexity index is 367. The molecule has 0 radical (unpaired) electrons. The van der Waals surface area contributed by atoms with Crippen LogP contribution < -0.4 is 4.57 Å². The summed E-state index contributed by atoms with van der Waals surface area (Å²) in [5, 5.41) is 0.834. The number of benzene rings is 1. The molecule has 0 unspecified atom stereocenters. The predicted octanol–water partition coefficient (Wildman–Crippen LogP) is 1.58. The topological polar surface area (TPSA) is 19.7 Å². The highest BCUT2D eigenvalue weighted by molar-refractivity contribution is 7.79. The molecule has 0 aliphatic heterocycles. The Balaban J connectivity index is 2.51. The lowest BCUT2D eigenvalue weighted by atomic mass is 10.3. The molecule has 0 aliphatic carbocycles. The summed E-state index contributed by atoms with van der Waals surface area (Å²) >= 11 is 4.27. The maximum absolute atomic E-state index is 4.27. The summed E-state index contributed by atoms with van der Waals surface area (Å²) in [5.74, 6) is 0. The fourth-order valence-corrected chi connectivity index (χ4v) is 1.38. The molecule has 1 aromatic heterocycles. The number of rotatable bonds is 1. The van der Waals surface area contributed by atoms with Crippen molar-refractivity contribution in [2.24, 2.45) is 0 Å². The standard InChI is InChI=1S/C9H8N2S/c12-9-10-6-7-11(9)8-4-2-1-3-5-8/h1-7H,(H,10,12)/p+1. The molecule has 3 heteroatoms. The van der Waals surface area contributed by atoms with Crippen molar-refractivity contribution in [3.8, 4) is 5.69 Å². The molecule has 2 rings (SSSR count). The Labute approximate surface area is 76.3 Å². The summed E-state index contributed by atoms with van der Waals surface area (Å²) in [6, 6.07) is 10.1. The summed E-state index contributed by atoms with van der Waals surface area (Å²) in [7, 11) is 0. The predicted molar refractivity (Wildman–Crippen MR) is 49.6 cm³/mol. The molecule has 0 amide bonds. The van der Waals surface area contributed by atoms with Crippen LogP contribution >= 0.6 is 12.6 Å². The number of thiol groups is 1. The van der Waals surface area contributed by atoms with Crippen molar-refractivity contribution in [1.82, 2.24) is 4.98 Å². The highest BCUT2D eigenvalue weighted by Gasteiger charge is 2.06. The fourth-order valence-electron chi connectivity index (χ4n) is 1.12. The molecule has 0 bridgehead atoms. The van der Waals surface area contributed by atoms with Gasteiger partial charge in [-0.15, -0.1) is 0 Å². The van der Waals surface area contributed by atoms with Crippen LogP contribution in [0.1, 0.15) is 0 Å². The lowest BCUT2D eigenvalue weighted by molar-refractivity contribution is -0.634. The number of aromatic nitrogens is 2. The van der Waals surface area contributed by atoms with Crippen LogP contribution in [0.4, 0.5) is 0 Å². The minimum atomic E-state index is 0.834. The normalized spacial score (nSPS) is 10.1. The number of para-hydroxylation sites is 1. The molecule has 1 heterocycles. The van der Waals surface area contributed by atoms with Crippen molar-refractivity contribution >= 4 is 12.6 Å². The van der Waals surface area contributed by atoms with E-state index >= 15 is 0 Å². The summed E-state index contributed by atoms with van der Waals surface area (Å²) in [6.45, 7) is 0. The molecule has 0 saturated heterocycles. The molecule has 0 aliphatic rings. The van der Waals surface area contributed by atoms with Gasteiger partial charge in [-0.1, -0.05) is 30.8 Å². The van der Waals surface area contributed by atoms with E-state index in [9.17, 15) is 0 Å². The van der Waals surface area contributed by atoms with Crippen LogP contribution in [-0.2, 0) is 0 Å². The molecule has 12 heavy (non-hydrogen) atoms. The van der Waals surface area contributed by atoms with Gasteiger partial charge in [0.25, 0.3) is 0 Å². The zero-order valence-electron chi connectivity index (χ0n) is 6.44. The van der Waals surface area contributed by atoms with E-state index in [2.05, 4.69) is 17.6 Å². The molecular formula is C9H9N2S+. The van der Waals surface area contributed by atoms with Crippen LogP contribution in [0.15, 0.2) is 47.9 Å². The van der Waals surface area contributed by atoms with Gasteiger partial charge < -0.3 is 0 Å². The first kappa shape index (κ1) is 7.43. The van der Waals surface area contributed by atoms with E-state index in [4.69, 9.17) is 0 Å². The third-order valence-electron chi connectivity index (χ3n) is 1.70. The van der Waals surface area contributed by atoms with Crippen molar-refractivity contribution in [3.05, 3.63) is 42.7 Å². The van der Waals surface area contributed by atoms with Crippen LogP contribution in [0.25, 0.3) is 5.69 Å². The second-order valence-electron chi connectivity index (χ2n) is 2.49. The van der Waals surface area contributed by atoms with E-state index in [0.29, 0.717) is 0 Å². The Morgan fingerprint density at radius 2 is 1.92 bits per heavy atom. The van der Waals surface area contributed by atoms with E-state index in [0.717, 1.165) is 10.8 Å². The monoisotopic (exact) mass is 177 g/mol. The van der Waals surface area contributed by atoms with E-state index in [1.54, 1.807) is 0 Å². The van der Waals surface area contributed by atoms with Crippen LogP contribution in [0, 0.1) is 0 Å². The first-order valence-corrected chi connectivity index (χ1v) is 4.16. The second kappa shape index (κ2) is 3.03. The Morgan fingerprint density at radius 3 is 2.50 bits per heavy atom. The molecule has 2 aromatic rings. The summed E-state index contributed by atoms with van der Waals surface area (Å²) in [4.78, 5) is 2.99. The maximum Gasteiger partial charge on any atom is 0.317 e. The van der Waals surface area contributed by atoms with E-state index in [1.165, 1.54) is 0 Å². The third-order valence-corrected chi connectivity index (χ3v) is 2.04. The van der Waals surface area contributed by atoms with Gasteiger partial charge in [-0.25, -0.2) is 4.98 Å². The number of nitrogens with one attached hydrogen (secondary N) is 1. The number of hydrogen-bond acceptors (Lipinski definition) is 1. The lowest BCUT2D eigenvalue weighted by Crippen LogP contribution is -2.29. The zero-order chi connectivity index (χ0) is 8.39. The summed E-state index contributed by atoms with van der Waals surface area (Å²) in [6.07, 6.45) is 3.80. The van der Waals surface area contributed by atoms with Crippen LogP contribution in [0.5, 0.6) is 0 Å². The molecule has 1 aromatic carbocycles. The third kappa shape index (κ3) is 1.23. The van der Waals surface area contributed by atoms with Crippen LogP contribution in [0.3, 0.4) is 0 Å². The second-order valence-corrected chi connectivity index (χ2v) is 2.91. The van der Waals surface area contributed by atoms with Crippen molar-refractivity contribution in [2.45, 2.75) is 5.16 Å². The smallest absolute Gasteiger partial charge is 0.238 e. The summed E-state index contributed by atoms with van der Waals surface area (Å²) < 4.78 is 1.98. The van der Waals surface area contributed by atoms with Gasteiger partial charge in [0.1, 0.15) is 18.1 Å². The average molecular weight is 177 g/mol. The van der Waals surface area contributed by atoms with Gasteiger partial charge in [-0.3, -0.25) is 0 Å². The van der Waals surface area contributed by atoms with Gasteiger partial charge in [0.05, 0.1) is 0 Å². The van der Waals surface area contributed by atoms with Crippen LogP contribution in [0.2, 0.25) is 0 Å². The average Bonchev–Trinajstić information content (AvgIpc) is 2.53. The first-order valence-electron chi connectivity index (χ1n) is 3.71. The Morgan fingerprint density at radius 1 is 1.17 bits per heavy atom. The van der Waals surface area contributed by atoms with E-state index in [1.807, 2.05) is 47.3 Å². The molecular weight excluding hydrogens is 168 g/mol. The highest BCUT2D eigenvalue weighted by atomic mass is 32.1. The SMILES string of the molecule is Sc1[nH]cc[n+]1-c1ccccc1. The van der Waals surface area contributed by atoms with Gasteiger partial charge in [0, 0.05) is 0 Å². The molecule has 0 fully saturated rings. The van der Waals surface area contributed by atoms with Crippen molar-refractivity contribution in [3.63, 3.8) is 0 Å². The van der Waals surface area contributed by atoms with E-state index in [-0.39, 0.29) is 0 Å². The van der Waals surface area contributed by atoms with Crippen LogP contribution in [-0.4, -0.2) is 4.98 Å². The largest absolute Gasteiger partial charge is 0.317 e. The van der Waals surface area contributed by atoms with Crippen molar-refractivity contribution in [1.29, 1.82) is 0 Å².